The summed E-state index contributed by atoms with van der Waals surface area (Å²) in [6.07, 6.45) is 2.51. The predicted molar refractivity (Wildman–Crippen MR) is 106 cm³/mol. The van der Waals surface area contributed by atoms with E-state index in [0.717, 1.165) is 16.4 Å². The molecule has 0 aliphatic carbocycles. The maximum absolute atomic E-state index is 13.9. The molecule has 2 aromatic rings. The van der Waals surface area contributed by atoms with E-state index in [1.54, 1.807) is 0 Å². The number of nitrogens with one attached hydrogen (secondary N) is 1. The monoisotopic (exact) mass is 474 g/mol. The minimum absolute atomic E-state index is 0.0192. The van der Waals surface area contributed by atoms with Crippen molar-refractivity contribution in [1.29, 1.82) is 0 Å². The molecule has 168 valence electrons. The summed E-state index contributed by atoms with van der Waals surface area (Å²) < 4.78 is 79.7. The van der Waals surface area contributed by atoms with E-state index in [1.165, 1.54) is 29.4 Å². The van der Waals surface area contributed by atoms with Gasteiger partial charge in [-0.15, -0.1) is 0 Å². The Morgan fingerprint density at radius 3 is 2.39 bits per heavy atom. The van der Waals surface area contributed by atoms with Gasteiger partial charge in [-0.1, -0.05) is 0 Å². The van der Waals surface area contributed by atoms with E-state index in [0.29, 0.717) is 6.07 Å². The van der Waals surface area contributed by atoms with Crippen LogP contribution in [0.25, 0.3) is 0 Å². The third-order valence-electron chi connectivity index (χ3n) is 4.68. The van der Waals surface area contributed by atoms with Gasteiger partial charge in [0.15, 0.2) is 0 Å². The fourth-order valence-electron chi connectivity index (χ4n) is 3.04. The number of carbonyl (C=O) groups is 1. The molecule has 0 atom stereocenters. The Morgan fingerprint density at radius 2 is 1.77 bits per heavy atom. The number of pyridine rings is 1. The zero-order valence-electron chi connectivity index (χ0n) is 16.2. The Labute approximate surface area is 178 Å². The van der Waals surface area contributed by atoms with Crippen molar-refractivity contribution < 1.29 is 30.4 Å². The van der Waals surface area contributed by atoms with E-state index in [4.69, 9.17) is 0 Å². The number of nitrogens with zero attached hydrogens (tertiary/aromatic N) is 3. The van der Waals surface area contributed by atoms with Crippen LogP contribution in [-0.4, -0.2) is 69.7 Å². The van der Waals surface area contributed by atoms with Crippen molar-refractivity contribution in [3.63, 3.8) is 0 Å². The van der Waals surface area contributed by atoms with Crippen LogP contribution in [0, 0.1) is 11.6 Å². The van der Waals surface area contributed by atoms with Crippen LogP contribution in [-0.2, 0) is 24.8 Å². The van der Waals surface area contributed by atoms with Gasteiger partial charge in [-0.05, 0) is 24.3 Å². The topological polar surface area (TPSA) is 117 Å². The number of piperazine rings is 1. The first-order valence-corrected chi connectivity index (χ1v) is 12.2. The summed E-state index contributed by atoms with van der Waals surface area (Å²) in [4.78, 5) is 16.8. The molecule has 0 spiro atoms. The molecule has 2 heterocycles. The van der Waals surface area contributed by atoms with Crippen molar-refractivity contribution in [1.82, 2.24) is 18.9 Å². The van der Waals surface area contributed by atoms with Gasteiger partial charge in [0.2, 0.25) is 26.0 Å². The largest absolute Gasteiger partial charge is 0.340 e. The Bertz CT molecular complexity index is 1150. The molecule has 1 aliphatic rings. The number of hydrogen-bond donors (Lipinski definition) is 1. The molecule has 0 radical (unpaired) electrons. The quantitative estimate of drug-likeness (QED) is 0.627. The van der Waals surface area contributed by atoms with Gasteiger partial charge in [-0.3, -0.25) is 9.78 Å². The van der Waals surface area contributed by atoms with E-state index in [9.17, 15) is 30.4 Å². The zero-order chi connectivity index (χ0) is 22.6. The molecule has 1 aromatic carbocycles. The molecular formula is C18H20F2N4O5S2. The van der Waals surface area contributed by atoms with Gasteiger partial charge >= 0.3 is 0 Å². The highest BCUT2D eigenvalue weighted by atomic mass is 32.2. The predicted octanol–water partition coefficient (Wildman–Crippen LogP) is 0.561. The molecule has 1 aromatic heterocycles. The molecule has 1 saturated heterocycles. The van der Waals surface area contributed by atoms with E-state index in [2.05, 4.69) is 9.71 Å². The highest BCUT2D eigenvalue weighted by molar-refractivity contribution is 7.89. The van der Waals surface area contributed by atoms with Crippen molar-refractivity contribution in [3.05, 3.63) is 54.4 Å². The fraction of sp³-hybridized carbons (Fsp3) is 0.333. The maximum atomic E-state index is 13.9. The third-order valence-corrected chi connectivity index (χ3v) is 8.06. The minimum atomic E-state index is -4.17. The third kappa shape index (κ3) is 5.42. The Morgan fingerprint density at radius 1 is 1.06 bits per heavy atom. The number of halogens is 2. The van der Waals surface area contributed by atoms with Crippen LogP contribution < -0.4 is 4.72 Å². The fourth-order valence-corrected chi connectivity index (χ4v) is 5.50. The molecule has 0 bridgehead atoms. The Hall–Kier alpha value is -2.48. The first-order chi connectivity index (χ1) is 14.6. The molecule has 1 amide bonds. The summed E-state index contributed by atoms with van der Waals surface area (Å²) in [5, 5.41) is 0. The lowest BCUT2D eigenvalue weighted by atomic mass is 10.3. The standard InChI is InChI=1S/C18H20F2N4O5S2/c19-14-3-4-17(16(20)12-14)31(28,29)24-10-8-23(9-11-24)18(25)5-7-22-30(26,27)15-2-1-6-21-13-15/h1-4,6,12-13,22H,5,7-11H2. The van der Waals surface area contributed by atoms with E-state index >= 15 is 0 Å². The lowest BCUT2D eigenvalue weighted by molar-refractivity contribution is -0.132. The molecule has 31 heavy (non-hydrogen) atoms. The minimum Gasteiger partial charge on any atom is -0.340 e. The van der Waals surface area contributed by atoms with Gasteiger partial charge in [-0.25, -0.2) is 30.3 Å². The van der Waals surface area contributed by atoms with Gasteiger partial charge in [-0.2, -0.15) is 4.31 Å². The van der Waals surface area contributed by atoms with Crippen molar-refractivity contribution in [2.45, 2.75) is 16.2 Å². The molecule has 0 saturated carbocycles. The first-order valence-electron chi connectivity index (χ1n) is 9.24. The SMILES string of the molecule is O=C(CCNS(=O)(=O)c1cccnc1)N1CCN(S(=O)(=O)c2ccc(F)cc2F)CC1. The number of rotatable bonds is 7. The second-order valence-electron chi connectivity index (χ2n) is 6.70. The summed E-state index contributed by atoms with van der Waals surface area (Å²) in [5.41, 5.74) is 0. The lowest BCUT2D eigenvalue weighted by Crippen LogP contribution is -2.51. The van der Waals surface area contributed by atoms with Gasteiger partial charge < -0.3 is 4.90 Å². The summed E-state index contributed by atoms with van der Waals surface area (Å²) >= 11 is 0. The van der Waals surface area contributed by atoms with Crippen molar-refractivity contribution in [2.75, 3.05) is 32.7 Å². The molecule has 1 aliphatic heterocycles. The Kier molecular flexibility index (Phi) is 6.99. The van der Waals surface area contributed by atoms with Gasteiger partial charge in [0.1, 0.15) is 21.4 Å². The van der Waals surface area contributed by atoms with Gasteiger partial charge in [0.25, 0.3) is 0 Å². The van der Waals surface area contributed by atoms with Crippen LogP contribution in [0.15, 0.2) is 52.5 Å². The van der Waals surface area contributed by atoms with Crippen molar-refractivity contribution in [3.8, 4) is 0 Å². The first kappa shape index (κ1) is 23.2. The number of benzene rings is 1. The van der Waals surface area contributed by atoms with Crippen LogP contribution in [0.5, 0.6) is 0 Å². The second kappa shape index (κ2) is 9.34. The molecule has 13 heteroatoms. The van der Waals surface area contributed by atoms with Gasteiger partial charge in [0, 0.05) is 57.6 Å². The average molecular weight is 475 g/mol. The highest BCUT2D eigenvalue weighted by Crippen LogP contribution is 2.21. The number of hydrogen-bond acceptors (Lipinski definition) is 6. The zero-order valence-corrected chi connectivity index (χ0v) is 17.9. The van der Waals surface area contributed by atoms with E-state index in [-0.39, 0.29) is 49.9 Å². The highest BCUT2D eigenvalue weighted by Gasteiger charge is 2.32. The van der Waals surface area contributed by atoms with Crippen molar-refractivity contribution in [2.24, 2.45) is 0 Å². The molecular weight excluding hydrogens is 454 g/mol. The number of sulfonamides is 2. The van der Waals surface area contributed by atoms with Crippen LogP contribution in [0.1, 0.15) is 6.42 Å². The number of aromatic nitrogens is 1. The smallest absolute Gasteiger partial charge is 0.246 e. The van der Waals surface area contributed by atoms with Crippen LogP contribution in [0.3, 0.4) is 0 Å². The van der Waals surface area contributed by atoms with Crippen LogP contribution >= 0.6 is 0 Å². The number of carbonyl (C=O) groups excluding carboxylic acids is 1. The number of amides is 1. The second-order valence-corrected chi connectivity index (χ2v) is 10.4. The van der Waals surface area contributed by atoms with E-state index in [1.807, 2.05) is 0 Å². The normalized spacial score (nSPS) is 15.7. The summed E-state index contributed by atoms with van der Waals surface area (Å²) in [7, 11) is -7.96. The van der Waals surface area contributed by atoms with Gasteiger partial charge in [0.05, 0.1) is 0 Å². The van der Waals surface area contributed by atoms with Crippen LogP contribution in [0.2, 0.25) is 0 Å². The molecule has 0 unspecified atom stereocenters. The summed E-state index contributed by atoms with van der Waals surface area (Å²) in [5.74, 6) is -2.41. The maximum Gasteiger partial charge on any atom is 0.246 e. The molecule has 9 nitrogen and oxygen atoms in total. The molecule has 1 N–H and O–H groups in total. The summed E-state index contributed by atoms with van der Waals surface area (Å²) in [6.45, 7) is -0.125. The van der Waals surface area contributed by atoms with Crippen LogP contribution in [0.4, 0.5) is 8.78 Å². The molecule has 1 fully saturated rings. The van der Waals surface area contributed by atoms with Crippen molar-refractivity contribution >= 4 is 26.0 Å². The average Bonchev–Trinajstić information content (AvgIpc) is 2.74. The Balaban J connectivity index is 1.53. The van der Waals surface area contributed by atoms with E-state index < -0.39 is 36.6 Å². The lowest BCUT2D eigenvalue weighted by Gasteiger charge is -2.34. The molecule has 3 rings (SSSR count). The summed E-state index contributed by atoms with van der Waals surface area (Å²) in [6, 6.07) is 5.08.